The molecule has 0 heterocycles. The summed E-state index contributed by atoms with van der Waals surface area (Å²) in [5, 5.41) is 12.9. The number of hydrogen-bond acceptors (Lipinski definition) is 2. The number of benzene rings is 1. The van der Waals surface area contributed by atoms with Crippen molar-refractivity contribution in [1.29, 1.82) is 0 Å². The molecule has 2 N–H and O–H groups in total. The Bertz CT molecular complexity index is 371. The molecule has 0 radical (unpaired) electrons. The van der Waals surface area contributed by atoms with Gasteiger partial charge in [-0.3, -0.25) is 0 Å². The Morgan fingerprint density at radius 3 is 2.39 bits per heavy atom. The fourth-order valence-corrected chi connectivity index (χ4v) is 2.78. The summed E-state index contributed by atoms with van der Waals surface area (Å²) in [6, 6.07) is 9.44. The van der Waals surface area contributed by atoms with Crippen molar-refractivity contribution in [2.45, 2.75) is 44.7 Å². The van der Waals surface area contributed by atoms with Gasteiger partial charge in [-0.05, 0) is 42.4 Å². The summed E-state index contributed by atoms with van der Waals surface area (Å²) < 4.78 is 1.14. The second-order valence-electron chi connectivity index (χ2n) is 5.62. The number of hydrogen-bond donors (Lipinski definition) is 2. The maximum Gasteiger partial charge on any atom is 0.0587 e. The van der Waals surface area contributed by atoms with E-state index < -0.39 is 0 Å². The highest BCUT2D eigenvalue weighted by Gasteiger charge is 2.31. The predicted molar refractivity (Wildman–Crippen MR) is 78.8 cm³/mol. The van der Waals surface area contributed by atoms with Gasteiger partial charge in [-0.1, -0.05) is 41.9 Å². The minimum absolute atomic E-state index is 0.233. The van der Waals surface area contributed by atoms with E-state index in [1.165, 1.54) is 18.4 Å². The van der Waals surface area contributed by atoms with Crippen LogP contribution >= 0.6 is 15.9 Å². The Balaban J connectivity index is 1.81. The maximum absolute atomic E-state index is 9.31. The topological polar surface area (TPSA) is 32.3 Å². The van der Waals surface area contributed by atoms with E-state index >= 15 is 0 Å². The molecule has 1 atom stereocenters. The molecule has 0 spiro atoms. The highest BCUT2D eigenvalue weighted by Crippen LogP contribution is 2.37. The van der Waals surface area contributed by atoms with Crippen LogP contribution < -0.4 is 5.32 Å². The van der Waals surface area contributed by atoms with Gasteiger partial charge in [0, 0.05) is 16.6 Å². The molecule has 1 aromatic rings. The quantitative estimate of drug-likeness (QED) is 0.874. The number of aliphatic hydroxyl groups excluding tert-OH is 1. The Labute approximate surface area is 118 Å². The van der Waals surface area contributed by atoms with Crippen molar-refractivity contribution in [3.05, 3.63) is 34.3 Å². The largest absolute Gasteiger partial charge is 0.395 e. The lowest BCUT2D eigenvalue weighted by atomic mass is 9.75. The minimum atomic E-state index is 0.233. The lowest BCUT2D eigenvalue weighted by molar-refractivity contribution is 0.169. The molecule has 1 saturated carbocycles. The molecular weight excluding hydrogens is 290 g/mol. The Kier molecular flexibility index (Phi) is 4.82. The normalized spacial score (nSPS) is 24.9. The van der Waals surface area contributed by atoms with Gasteiger partial charge in [0.25, 0.3) is 0 Å². The molecule has 0 aliphatic heterocycles. The van der Waals surface area contributed by atoms with Crippen LogP contribution in [0.3, 0.4) is 0 Å². The standard InChI is InChI=1S/C15H22BrNO/c1-10(2)15(9-18)17-14-7-12(8-14)11-3-5-13(16)6-4-11/h3-6,10,12,14-15,17-18H,7-9H2,1-2H3/t12?,14?,15-/m1/s1. The molecule has 3 heteroatoms. The smallest absolute Gasteiger partial charge is 0.0587 e. The van der Waals surface area contributed by atoms with Gasteiger partial charge < -0.3 is 10.4 Å². The summed E-state index contributed by atoms with van der Waals surface area (Å²) in [6.45, 7) is 4.54. The van der Waals surface area contributed by atoms with Gasteiger partial charge in [0.1, 0.15) is 0 Å². The predicted octanol–water partition coefficient (Wildman–Crippen LogP) is 3.30. The third kappa shape index (κ3) is 3.34. The molecule has 1 aliphatic rings. The van der Waals surface area contributed by atoms with Crippen LogP contribution in [0.5, 0.6) is 0 Å². The number of halogens is 1. The van der Waals surface area contributed by atoms with E-state index in [2.05, 4.69) is 59.4 Å². The third-order valence-electron chi connectivity index (χ3n) is 3.93. The van der Waals surface area contributed by atoms with Crippen molar-refractivity contribution < 1.29 is 5.11 Å². The van der Waals surface area contributed by atoms with Gasteiger partial charge in [0.05, 0.1) is 6.61 Å². The van der Waals surface area contributed by atoms with Crippen molar-refractivity contribution in [3.8, 4) is 0 Å². The first-order chi connectivity index (χ1) is 8.60. The minimum Gasteiger partial charge on any atom is -0.395 e. The van der Waals surface area contributed by atoms with Crippen LogP contribution in [0.4, 0.5) is 0 Å². The van der Waals surface area contributed by atoms with E-state index in [0.29, 0.717) is 17.9 Å². The van der Waals surface area contributed by atoms with E-state index in [1.807, 2.05) is 0 Å². The molecule has 100 valence electrons. The average Bonchev–Trinajstić information content (AvgIpc) is 2.29. The molecule has 0 amide bonds. The van der Waals surface area contributed by atoms with E-state index in [1.54, 1.807) is 0 Å². The molecule has 0 saturated heterocycles. The average molecular weight is 312 g/mol. The van der Waals surface area contributed by atoms with Crippen LogP contribution in [0.15, 0.2) is 28.7 Å². The summed E-state index contributed by atoms with van der Waals surface area (Å²) in [5.74, 6) is 1.17. The Hall–Kier alpha value is -0.380. The zero-order valence-corrected chi connectivity index (χ0v) is 12.7. The molecule has 1 fully saturated rings. The fraction of sp³-hybridized carbons (Fsp3) is 0.600. The molecule has 1 aliphatic carbocycles. The van der Waals surface area contributed by atoms with Crippen LogP contribution in [0, 0.1) is 5.92 Å². The van der Waals surface area contributed by atoms with Gasteiger partial charge in [0.15, 0.2) is 0 Å². The van der Waals surface area contributed by atoms with Crippen molar-refractivity contribution in [2.24, 2.45) is 5.92 Å². The first-order valence-corrected chi connectivity index (χ1v) is 7.51. The van der Waals surface area contributed by atoms with Crippen molar-refractivity contribution in [2.75, 3.05) is 6.61 Å². The molecular formula is C15H22BrNO. The monoisotopic (exact) mass is 311 g/mol. The summed E-state index contributed by atoms with van der Waals surface area (Å²) in [5.41, 5.74) is 1.43. The van der Waals surface area contributed by atoms with Crippen LogP contribution in [-0.4, -0.2) is 23.8 Å². The van der Waals surface area contributed by atoms with Crippen LogP contribution in [0.2, 0.25) is 0 Å². The van der Waals surface area contributed by atoms with Gasteiger partial charge in [-0.15, -0.1) is 0 Å². The van der Waals surface area contributed by atoms with E-state index in [-0.39, 0.29) is 12.6 Å². The molecule has 0 bridgehead atoms. The second kappa shape index (κ2) is 6.18. The Morgan fingerprint density at radius 2 is 1.89 bits per heavy atom. The highest BCUT2D eigenvalue weighted by atomic mass is 79.9. The lowest BCUT2D eigenvalue weighted by Gasteiger charge is -2.39. The fourth-order valence-electron chi connectivity index (χ4n) is 2.52. The number of rotatable bonds is 5. The SMILES string of the molecule is CC(C)[C@@H](CO)NC1CC(c2ccc(Br)cc2)C1. The summed E-state index contributed by atoms with van der Waals surface area (Å²) >= 11 is 3.46. The summed E-state index contributed by atoms with van der Waals surface area (Å²) in [7, 11) is 0. The molecule has 1 aromatic carbocycles. The zero-order valence-electron chi connectivity index (χ0n) is 11.1. The van der Waals surface area contributed by atoms with E-state index in [0.717, 1.165) is 4.47 Å². The first-order valence-electron chi connectivity index (χ1n) is 6.72. The van der Waals surface area contributed by atoms with Crippen molar-refractivity contribution in [1.82, 2.24) is 5.32 Å². The first kappa shape index (κ1) is 14.0. The van der Waals surface area contributed by atoms with E-state index in [4.69, 9.17) is 0 Å². The van der Waals surface area contributed by atoms with Crippen LogP contribution in [0.25, 0.3) is 0 Å². The Morgan fingerprint density at radius 1 is 1.28 bits per heavy atom. The van der Waals surface area contributed by atoms with Gasteiger partial charge >= 0.3 is 0 Å². The molecule has 0 unspecified atom stereocenters. The third-order valence-corrected chi connectivity index (χ3v) is 4.46. The van der Waals surface area contributed by atoms with Crippen LogP contribution in [0.1, 0.15) is 38.2 Å². The lowest BCUT2D eigenvalue weighted by Crippen LogP contribution is -2.49. The number of aliphatic hydroxyl groups is 1. The summed E-state index contributed by atoms with van der Waals surface area (Å²) in [4.78, 5) is 0. The summed E-state index contributed by atoms with van der Waals surface area (Å²) in [6.07, 6.45) is 2.37. The molecule has 2 nitrogen and oxygen atoms in total. The highest BCUT2D eigenvalue weighted by molar-refractivity contribution is 9.10. The maximum atomic E-state index is 9.31. The molecule has 0 aromatic heterocycles. The van der Waals surface area contributed by atoms with Crippen molar-refractivity contribution >= 4 is 15.9 Å². The zero-order chi connectivity index (χ0) is 13.1. The van der Waals surface area contributed by atoms with E-state index in [9.17, 15) is 5.11 Å². The van der Waals surface area contributed by atoms with Crippen LogP contribution in [-0.2, 0) is 0 Å². The number of nitrogens with one attached hydrogen (secondary N) is 1. The molecule has 2 rings (SSSR count). The van der Waals surface area contributed by atoms with Crippen molar-refractivity contribution in [3.63, 3.8) is 0 Å². The second-order valence-corrected chi connectivity index (χ2v) is 6.53. The van der Waals surface area contributed by atoms with Gasteiger partial charge in [0.2, 0.25) is 0 Å². The van der Waals surface area contributed by atoms with Gasteiger partial charge in [-0.25, -0.2) is 0 Å². The van der Waals surface area contributed by atoms with Gasteiger partial charge in [-0.2, -0.15) is 0 Å². The molecule has 18 heavy (non-hydrogen) atoms.